The van der Waals surface area contributed by atoms with Gasteiger partial charge >= 0.3 is 0 Å². The monoisotopic (exact) mass is 130 g/mol. The van der Waals surface area contributed by atoms with Crippen LogP contribution in [0.1, 0.15) is 26.2 Å². The van der Waals surface area contributed by atoms with Crippen LogP contribution in [0.4, 0.5) is 0 Å². The van der Waals surface area contributed by atoms with E-state index in [2.05, 4.69) is 0 Å². The normalized spacial score (nSPS) is 13.1. The first-order valence-electron chi connectivity index (χ1n) is 3.35. The number of carbonyl (C=O) groups is 1. The van der Waals surface area contributed by atoms with Crippen molar-refractivity contribution in [1.29, 1.82) is 0 Å². The molecular weight excluding hydrogens is 116 g/mol. The van der Waals surface area contributed by atoms with E-state index in [1.807, 2.05) is 6.92 Å². The highest BCUT2D eigenvalue weighted by Gasteiger charge is 1.98. The molecule has 0 bridgehead atoms. The van der Waals surface area contributed by atoms with E-state index in [1.54, 1.807) is 0 Å². The van der Waals surface area contributed by atoms with Gasteiger partial charge in [0.05, 0.1) is 0 Å². The van der Waals surface area contributed by atoms with Gasteiger partial charge in [0.15, 0.2) is 0 Å². The van der Waals surface area contributed by atoms with Gasteiger partial charge in [-0.1, -0.05) is 6.92 Å². The Kier molecular flexibility index (Phi) is 5.52. The Labute approximate surface area is 55.9 Å². The third-order valence-electron chi connectivity index (χ3n) is 1.35. The smallest absolute Gasteiger partial charge is 0.120 e. The molecule has 0 fully saturated rings. The standard InChI is InChI=1S/C7H14O2/c1-7(4-6-9)3-2-5-8/h6-8H,2-5H2,1H3/t7-/m0/s1. The minimum atomic E-state index is 0.239. The summed E-state index contributed by atoms with van der Waals surface area (Å²) < 4.78 is 0. The Hall–Kier alpha value is -0.370. The molecule has 0 aromatic rings. The van der Waals surface area contributed by atoms with Crippen molar-refractivity contribution in [2.24, 2.45) is 5.92 Å². The third kappa shape index (κ3) is 5.50. The van der Waals surface area contributed by atoms with Crippen LogP contribution in [-0.2, 0) is 4.79 Å². The molecule has 0 rings (SSSR count). The molecule has 0 spiro atoms. The summed E-state index contributed by atoms with van der Waals surface area (Å²) in [6.07, 6.45) is 3.33. The van der Waals surface area contributed by atoms with Gasteiger partial charge in [-0.25, -0.2) is 0 Å². The fourth-order valence-corrected chi connectivity index (χ4v) is 0.722. The molecule has 0 aliphatic rings. The Bertz CT molecular complexity index is 71.3. The maximum Gasteiger partial charge on any atom is 0.120 e. The average Bonchev–Trinajstić information content (AvgIpc) is 1.85. The molecule has 1 atom stereocenters. The highest BCUT2D eigenvalue weighted by Crippen LogP contribution is 2.06. The highest BCUT2D eigenvalue weighted by atomic mass is 16.2. The summed E-state index contributed by atoms with van der Waals surface area (Å²) in [5, 5.41) is 8.40. The minimum Gasteiger partial charge on any atom is -0.396 e. The van der Waals surface area contributed by atoms with Crippen LogP contribution in [0.2, 0.25) is 0 Å². The molecule has 0 radical (unpaired) electrons. The first-order chi connectivity index (χ1) is 4.31. The predicted molar refractivity (Wildman–Crippen MR) is 36.2 cm³/mol. The summed E-state index contributed by atoms with van der Waals surface area (Å²) in [5.74, 6) is 0.439. The van der Waals surface area contributed by atoms with Crippen molar-refractivity contribution in [3.8, 4) is 0 Å². The van der Waals surface area contributed by atoms with Gasteiger partial charge in [0.1, 0.15) is 6.29 Å². The Morgan fingerprint density at radius 2 is 2.33 bits per heavy atom. The van der Waals surface area contributed by atoms with Crippen LogP contribution < -0.4 is 0 Å². The summed E-state index contributed by atoms with van der Waals surface area (Å²) in [4.78, 5) is 9.92. The molecule has 0 amide bonds. The molecule has 2 heteroatoms. The molecule has 0 unspecified atom stereocenters. The van der Waals surface area contributed by atoms with Crippen molar-refractivity contribution in [3.63, 3.8) is 0 Å². The quantitative estimate of drug-likeness (QED) is 0.563. The van der Waals surface area contributed by atoms with E-state index in [9.17, 15) is 4.79 Å². The van der Waals surface area contributed by atoms with Gasteiger partial charge in [0.2, 0.25) is 0 Å². The molecule has 2 nitrogen and oxygen atoms in total. The van der Waals surface area contributed by atoms with E-state index in [0.29, 0.717) is 12.3 Å². The first-order valence-corrected chi connectivity index (χ1v) is 3.35. The molecule has 9 heavy (non-hydrogen) atoms. The van der Waals surface area contributed by atoms with E-state index in [0.717, 1.165) is 19.1 Å². The van der Waals surface area contributed by atoms with Crippen LogP contribution in [0.3, 0.4) is 0 Å². The number of aliphatic hydroxyl groups is 1. The van der Waals surface area contributed by atoms with Gasteiger partial charge in [-0.15, -0.1) is 0 Å². The van der Waals surface area contributed by atoms with Crippen molar-refractivity contribution in [2.45, 2.75) is 26.2 Å². The average molecular weight is 130 g/mol. The van der Waals surface area contributed by atoms with Gasteiger partial charge in [-0.05, 0) is 18.8 Å². The minimum absolute atomic E-state index is 0.239. The SMILES string of the molecule is C[C@H](CC=O)CCCO. The van der Waals surface area contributed by atoms with E-state index < -0.39 is 0 Å². The fraction of sp³-hybridized carbons (Fsp3) is 0.857. The molecule has 0 saturated heterocycles. The van der Waals surface area contributed by atoms with Crippen molar-refractivity contribution in [3.05, 3.63) is 0 Å². The molecule has 0 saturated carbocycles. The molecule has 0 aliphatic heterocycles. The van der Waals surface area contributed by atoms with E-state index in [1.165, 1.54) is 0 Å². The number of carbonyl (C=O) groups excluding carboxylic acids is 1. The number of rotatable bonds is 5. The van der Waals surface area contributed by atoms with Crippen molar-refractivity contribution in [1.82, 2.24) is 0 Å². The maximum absolute atomic E-state index is 9.92. The van der Waals surface area contributed by atoms with Crippen LogP contribution in [-0.4, -0.2) is 18.0 Å². The zero-order valence-corrected chi connectivity index (χ0v) is 5.84. The lowest BCUT2D eigenvalue weighted by molar-refractivity contribution is -0.108. The molecular formula is C7H14O2. The first kappa shape index (κ1) is 8.63. The molecule has 54 valence electrons. The zero-order chi connectivity index (χ0) is 7.11. The lowest BCUT2D eigenvalue weighted by Crippen LogP contribution is -1.96. The molecule has 0 aromatic heterocycles. The molecule has 0 heterocycles. The van der Waals surface area contributed by atoms with Crippen molar-refractivity contribution >= 4 is 6.29 Å². The molecule has 0 aromatic carbocycles. The number of hydrogen-bond acceptors (Lipinski definition) is 2. The fourth-order valence-electron chi connectivity index (χ4n) is 0.722. The lowest BCUT2D eigenvalue weighted by atomic mass is 10.0. The van der Waals surface area contributed by atoms with Crippen LogP contribution in [0.25, 0.3) is 0 Å². The molecule has 0 aliphatic carbocycles. The maximum atomic E-state index is 9.92. The van der Waals surface area contributed by atoms with Gasteiger partial charge in [0.25, 0.3) is 0 Å². The summed E-state index contributed by atoms with van der Waals surface area (Å²) in [5.41, 5.74) is 0. The third-order valence-corrected chi connectivity index (χ3v) is 1.35. The Morgan fingerprint density at radius 3 is 2.78 bits per heavy atom. The van der Waals surface area contributed by atoms with E-state index in [-0.39, 0.29) is 6.61 Å². The molecule has 1 N–H and O–H groups in total. The Balaban J connectivity index is 3.04. The van der Waals surface area contributed by atoms with Crippen LogP contribution in [0.15, 0.2) is 0 Å². The predicted octanol–water partition coefficient (Wildman–Crippen LogP) is 0.984. The second-order valence-electron chi connectivity index (χ2n) is 2.37. The van der Waals surface area contributed by atoms with E-state index >= 15 is 0 Å². The van der Waals surface area contributed by atoms with Gasteiger partial charge in [-0.3, -0.25) is 0 Å². The van der Waals surface area contributed by atoms with Gasteiger partial charge in [-0.2, -0.15) is 0 Å². The second-order valence-corrected chi connectivity index (χ2v) is 2.37. The van der Waals surface area contributed by atoms with Crippen molar-refractivity contribution < 1.29 is 9.90 Å². The summed E-state index contributed by atoms with van der Waals surface area (Å²) in [6.45, 7) is 2.26. The van der Waals surface area contributed by atoms with Crippen molar-refractivity contribution in [2.75, 3.05) is 6.61 Å². The van der Waals surface area contributed by atoms with Crippen LogP contribution in [0, 0.1) is 5.92 Å². The van der Waals surface area contributed by atoms with E-state index in [4.69, 9.17) is 5.11 Å². The second kappa shape index (κ2) is 5.76. The zero-order valence-electron chi connectivity index (χ0n) is 5.84. The van der Waals surface area contributed by atoms with Gasteiger partial charge < -0.3 is 9.90 Å². The van der Waals surface area contributed by atoms with Gasteiger partial charge in [0, 0.05) is 13.0 Å². The number of aldehydes is 1. The van der Waals surface area contributed by atoms with Crippen LogP contribution in [0.5, 0.6) is 0 Å². The number of aliphatic hydroxyl groups excluding tert-OH is 1. The highest BCUT2D eigenvalue weighted by molar-refractivity contribution is 5.49. The lowest BCUT2D eigenvalue weighted by Gasteiger charge is -2.03. The summed E-state index contributed by atoms with van der Waals surface area (Å²) >= 11 is 0. The van der Waals surface area contributed by atoms with Crippen LogP contribution >= 0.6 is 0 Å². The Morgan fingerprint density at radius 1 is 1.67 bits per heavy atom. The number of hydrogen-bond donors (Lipinski definition) is 1. The topological polar surface area (TPSA) is 37.3 Å². The largest absolute Gasteiger partial charge is 0.396 e. The summed E-state index contributed by atoms with van der Waals surface area (Å²) in [7, 11) is 0. The summed E-state index contributed by atoms with van der Waals surface area (Å²) in [6, 6.07) is 0.